The lowest BCUT2D eigenvalue weighted by molar-refractivity contribution is 0.296. The van der Waals surface area contributed by atoms with E-state index >= 15 is 0 Å². The molecular formula is C16H14N2O2S. The zero-order valence-corrected chi connectivity index (χ0v) is 12.4. The van der Waals surface area contributed by atoms with Crippen molar-refractivity contribution >= 4 is 23.0 Å². The van der Waals surface area contributed by atoms with Crippen LogP contribution in [0.2, 0.25) is 0 Å². The van der Waals surface area contributed by atoms with Gasteiger partial charge in [-0.05, 0) is 19.1 Å². The molecule has 0 radical (unpaired) electrons. The molecule has 0 saturated carbocycles. The Balaban J connectivity index is 2.04. The summed E-state index contributed by atoms with van der Waals surface area (Å²) in [5.74, 6) is 1.44. The summed E-state index contributed by atoms with van der Waals surface area (Å²) in [6.07, 6.45) is 2.67. The Morgan fingerprint density at radius 1 is 1.38 bits per heavy atom. The zero-order chi connectivity index (χ0) is 14.7. The van der Waals surface area contributed by atoms with E-state index < -0.39 is 0 Å². The van der Waals surface area contributed by atoms with Gasteiger partial charge in [0.15, 0.2) is 11.5 Å². The van der Waals surface area contributed by atoms with Gasteiger partial charge in [-0.1, -0.05) is 12.1 Å². The van der Waals surface area contributed by atoms with Crippen LogP contribution in [0, 0.1) is 18.3 Å². The molecule has 1 aromatic carbocycles. The van der Waals surface area contributed by atoms with Crippen molar-refractivity contribution in [1.29, 1.82) is 5.26 Å². The van der Waals surface area contributed by atoms with Crippen molar-refractivity contribution in [2.45, 2.75) is 13.3 Å². The van der Waals surface area contributed by atoms with Crippen LogP contribution in [0.4, 0.5) is 0 Å². The van der Waals surface area contributed by atoms with E-state index in [0.717, 1.165) is 28.4 Å². The minimum atomic E-state index is 0.536. The van der Waals surface area contributed by atoms with Crippen molar-refractivity contribution in [3.63, 3.8) is 0 Å². The van der Waals surface area contributed by atoms with Crippen LogP contribution in [0.3, 0.4) is 0 Å². The molecule has 0 N–H and O–H groups in total. The van der Waals surface area contributed by atoms with Gasteiger partial charge in [-0.15, -0.1) is 11.3 Å². The van der Waals surface area contributed by atoms with E-state index in [-0.39, 0.29) is 0 Å². The standard InChI is InChI=1S/C16H14N2O2S/c1-11-10-21-16(18-11)13(9-17)8-12-4-2-5-14-15(12)20-7-3-6-19-14/h2,4-5,8,10H,3,6-7H2,1H3/b13-8+. The molecule has 0 spiro atoms. The van der Waals surface area contributed by atoms with Crippen LogP contribution in [0.15, 0.2) is 23.6 Å². The van der Waals surface area contributed by atoms with Crippen LogP contribution in [0.5, 0.6) is 11.5 Å². The fraction of sp³-hybridized carbons (Fsp3) is 0.250. The molecular weight excluding hydrogens is 284 g/mol. The average molecular weight is 298 g/mol. The molecule has 1 aromatic heterocycles. The van der Waals surface area contributed by atoms with Crippen LogP contribution >= 0.6 is 11.3 Å². The van der Waals surface area contributed by atoms with Crippen molar-refractivity contribution < 1.29 is 9.47 Å². The quantitative estimate of drug-likeness (QED) is 0.794. The van der Waals surface area contributed by atoms with Gasteiger partial charge in [0.2, 0.25) is 0 Å². The molecule has 4 nitrogen and oxygen atoms in total. The largest absolute Gasteiger partial charge is 0.490 e. The topological polar surface area (TPSA) is 55.1 Å². The lowest BCUT2D eigenvalue weighted by atomic mass is 10.1. The SMILES string of the molecule is Cc1csc(/C(C#N)=C/c2cccc3c2OCCCO3)n1. The zero-order valence-electron chi connectivity index (χ0n) is 11.6. The summed E-state index contributed by atoms with van der Waals surface area (Å²) >= 11 is 1.47. The van der Waals surface area contributed by atoms with Crippen LogP contribution < -0.4 is 9.47 Å². The second-order valence-corrected chi connectivity index (χ2v) is 5.55. The highest BCUT2D eigenvalue weighted by Gasteiger charge is 2.14. The molecule has 0 atom stereocenters. The number of benzene rings is 1. The van der Waals surface area contributed by atoms with E-state index in [0.29, 0.717) is 24.5 Å². The third-order valence-corrected chi connectivity index (χ3v) is 4.07. The first kappa shape index (κ1) is 13.7. The van der Waals surface area contributed by atoms with Crippen LogP contribution in [-0.2, 0) is 0 Å². The summed E-state index contributed by atoms with van der Waals surface area (Å²) < 4.78 is 11.4. The minimum absolute atomic E-state index is 0.536. The first-order valence-electron chi connectivity index (χ1n) is 6.71. The monoisotopic (exact) mass is 298 g/mol. The lowest BCUT2D eigenvalue weighted by Crippen LogP contribution is -1.98. The summed E-state index contributed by atoms with van der Waals surface area (Å²) in [7, 11) is 0. The highest BCUT2D eigenvalue weighted by Crippen LogP contribution is 2.35. The highest BCUT2D eigenvalue weighted by atomic mass is 32.1. The van der Waals surface area contributed by atoms with Crippen LogP contribution in [0.1, 0.15) is 22.7 Å². The third kappa shape index (κ3) is 2.91. The lowest BCUT2D eigenvalue weighted by Gasteiger charge is -2.10. The minimum Gasteiger partial charge on any atom is -0.490 e. The van der Waals surface area contributed by atoms with Crippen molar-refractivity contribution in [3.05, 3.63) is 39.8 Å². The van der Waals surface area contributed by atoms with Crippen molar-refractivity contribution in [1.82, 2.24) is 4.98 Å². The number of ether oxygens (including phenoxy) is 2. The molecule has 0 unspecified atom stereocenters. The maximum absolute atomic E-state index is 9.39. The Bertz CT molecular complexity index is 728. The third-order valence-electron chi connectivity index (χ3n) is 3.07. The van der Waals surface area contributed by atoms with Crippen molar-refractivity contribution in [2.75, 3.05) is 13.2 Å². The maximum Gasteiger partial charge on any atom is 0.168 e. The van der Waals surface area contributed by atoms with Gasteiger partial charge in [0, 0.05) is 23.1 Å². The van der Waals surface area contributed by atoms with Gasteiger partial charge in [0.05, 0.1) is 18.8 Å². The molecule has 0 aliphatic carbocycles. The molecule has 1 aliphatic rings. The number of nitriles is 1. The predicted molar refractivity (Wildman–Crippen MR) is 82.4 cm³/mol. The Labute approximate surface area is 127 Å². The highest BCUT2D eigenvalue weighted by molar-refractivity contribution is 7.11. The van der Waals surface area contributed by atoms with Gasteiger partial charge in [0.25, 0.3) is 0 Å². The van der Waals surface area contributed by atoms with E-state index in [1.807, 2.05) is 36.6 Å². The number of hydrogen-bond donors (Lipinski definition) is 0. The number of aromatic nitrogens is 1. The number of rotatable bonds is 2. The molecule has 0 saturated heterocycles. The van der Waals surface area contributed by atoms with E-state index in [1.165, 1.54) is 11.3 Å². The van der Waals surface area contributed by atoms with Gasteiger partial charge in [0.1, 0.15) is 11.1 Å². The van der Waals surface area contributed by atoms with Gasteiger partial charge in [-0.2, -0.15) is 5.26 Å². The fourth-order valence-corrected chi connectivity index (χ4v) is 2.87. The van der Waals surface area contributed by atoms with E-state index in [1.54, 1.807) is 0 Å². The molecule has 2 aromatic rings. The molecule has 2 heterocycles. The van der Waals surface area contributed by atoms with Gasteiger partial charge in [-0.25, -0.2) is 4.98 Å². The second kappa shape index (κ2) is 5.98. The summed E-state index contributed by atoms with van der Waals surface area (Å²) in [5, 5.41) is 12.0. The van der Waals surface area contributed by atoms with Crippen molar-refractivity contribution in [2.24, 2.45) is 0 Å². The number of thiazole rings is 1. The summed E-state index contributed by atoms with van der Waals surface area (Å²) in [4.78, 5) is 4.36. The predicted octanol–water partition coefficient (Wildman–Crippen LogP) is 3.68. The molecule has 3 rings (SSSR count). The summed E-state index contributed by atoms with van der Waals surface area (Å²) in [5.41, 5.74) is 2.30. The maximum atomic E-state index is 9.39. The van der Waals surface area contributed by atoms with E-state index in [2.05, 4.69) is 11.1 Å². The first-order valence-corrected chi connectivity index (χ1v) is 7.59. The number of hydrogen-bond acceptors (Lipinski definition) is 5. The molecule has 106 valence electrons. The van der Waals surface area contributed by atoms with Gasteiger partial charge >= 0.3 is 0 Å². The molecule has 0 bridgehead atoms. The Kier molecular flexibility index (Phi) is 3.89. The van der Waals surface area contributed by atoms with Crippen LogP contribution in [-0.4, -0.2) is 18.2 Å². The number of fused-ring (bicyclic) bond motifs is 1. The second-order valence-electron chi connectivity index (χ2n) is 4.69. The molecule has 1 aliphatic heterocycles. The van der Waals surface area contributed by atoms with E-state index in [9.17, 15) is 5.26 Å². The number of nitrogens with zero attached hydrogens (tertiary/aromatic N) is 2. The van der Waals surface area contributed by atoms with Crippen LogP contribution in [0.25, 0.3) is 11.6 Å². The van der Waals surface area contributed by atoms with Gasteiger partial charge in [-0.3, -0.25) is 0 Å². The Hall–Kier alpha value is -2.32. The fourth-order valence-electron chi connectivity index (χ4n) is 2.10. The molecule has 0 fully saturated rings. The van der Waals surface area contributed by atoms with Gasteiger partial charge < -0.3 is 9.47 Å². The molecule has 5 heteroatoms. The van der Waals surface area contributed by atoms with E-state index in [4.69, 9.17) is 9.47 Å². The average Bonchev–Trinajstić information content (AvgIpc) is 2.78. The normalized spacial score (nSPS) is 14.4. The molecule has 21 heavy (non-hydrogen) atoms. The number of aryl methyl sites for hydroxylation is 1. The number of allylic oxidation sites excluding steroid dienone is 1. The smallest absolute Gasteiger partial charge is 0.168 e. The summed E-state index contributed by atoms with van der Waals surface area (Å²) in [6.45, 7) is 3.19. The van der Waals surface area contributed by atoms with Crippen molar-refractivity contribution in [3.8, 4) is 17.6 Å². The summed E-state index contributed by atoms with van der Waals surface area (Å²) in [6, 6.07) is 7.93. The Morgan fingerprint density at radius 2 is 2.24 bits per heavy atom. The number of para-hydroxylation sites is 1. The first-order chi connectivity index (χ1) is 10.3. The Morgan fingerprint density at radius 3 is 3.00 bits per heavy atom. The molecule has 0 amide bonds.